The highest BCUT2D eigenvalue weighted by atomic mass is 16.5. The molecule has 3 fully saturated rings. The molecule has 2 aliphatic heterocycles. The predicted molar refractivity (Wildman–Crippen MR) is 141 cm³/mol. The molecule has 40 heavy (non-hydrogen) atoms. The van der Waals surface area contributed by atoms with Gasteiger partial charge in [0.1, 0.15) is 22.8 Å². The smallest absolute Gasteiger partial charge is 0.255 e. The predicted octanol–water partition coefficient (Wildman–Crippen LogP) is 0.00760. The van der Waals surface area contributed by atoms with Gasteiger partial charge in [0.05, 0.1) is 24.8 Å². The Balaban J connectivity index is 1.47. The Morgan fingerprint density at radius 3 is 2.40 bits per heavy atom. The van der Waals surface area contributed by atoms with Crippen molar-refractivity contribution < 1.29 is 44.3 Å². The molecule has 0 unspecified atom stereocenters. The van der Waals surface area contributed by atoms with Crippen LogP contribution >= 0.6 is 0 Å². The number of amides is 1. The number of ether oxygens (including phenoxy) is 2. The molecule has 12 heteroatoms. The first kappa shape index (κ1) is 26.8. The molecular weight excluding hydrogens is 522 g/mol. The molecule has 0 spiro atoms. The highest BCUT2D eigenvalue weighted by molar-refractivity contribution is 6.24. The Morgan fingerprint density at radius 2 is 1.73 bits per heavy atom. The molecule has 2 heterocycles. The minimum absolute atomic E-state index is 0.0437. The number of carbonyl (C=O) groups is 3. The summed E-state index contributed by atoms with van der Waals surface area (Å²) in [5, 5.41) is 48.4. The zero-order chi connectivity index (χ0) is 28.3. The number of ketones is 2. The molecule has 3 aliphatic carbocycles. The Bertz CT molecular complexity index is 1340. The molecule has 1 aromatic rings. The fourth-order valence-electron chi connectivity index (χ4n) is 7.07. The van der Waals surface area contributed by atoms with Crippen LogP contribution in [0, 0.1) is 11.8 Å². The van der Waals surface area contributed by atoms with Crippen LogP contribution in [0.25, 0.3) is 5.76 Å². The lowest BCUT2D eigenvalue weighted by Crippen LogP contribution is -2.67. The van der Waals surface area contributed by atoms with Gasteiger partial charge in [0, 0.05) is 49.5 Å². The molecule has 1 saturated carbocycles. The van der Waals surface area contributed by atoms with Gasteiger partial charge in [-0.3, -0.25) is 14.4 Å². The number of phenolic OH excluding ortho intramolecular Hbond substituents is 1. The lowest BCUT2D eigenvalue weighted by atomic mass is 9.57. The SMILES string of the molecule is NC(=O)C1=C(O)[C@@]2(O)C(=O)C3=C(O)c4c(O)ccc(N5CCOCC5)c4C[C@H]3C[C@H]2[C@@H](NC2CCOCC2)C1=O. The van der Waals surface area contributed by atoms with Crippen LogP contribution < -0.4 is 16.0 Å². The van der Waals surface area contributed by atoms with Gasteiger partial charge in [-0.25, -0.2) is 0 Å². The maximum atomic E-state index is 14.1. The average Bonchev–Trinajstić information content (AvgIpc) is 2.94. The van der Waals surface area contributed by atoms with Gasteiger partial charge >= 0.3 is 0 Å². The van der Waals surface area contributed by atoms with Crippen molar-refractivity contribution in [2.45, 2.75) is 43.4 Å². The van der Waals surface area contributed by atoms with Crippen LogP contribution in [0.1, 0.15) is 30.4 Å². The Hall–Kier alpha value is -3.45. The van der Waals surface area contributed by atoms with E-state index in [9.17, 15) is 34.8 Å². The first-order valence-electron chi connectivity index (χ1n) is 13.6. The Labute approximate surface area is 230 Å². The number of rotatable bonds is 4. The summed E-state index contributed by atoms with van der Waals surface area (Å²) in [6.07, 6.45) is 1.45. The van der Waals surface area contributed by atoms with Crippen molar-refractivity contribution in [3.8, 4) is 5.75 Å². The van der Waals surface area contributed by atoms with Gasteiger partial charge in [0.2, 0.25) is 5.78 Å². The summed E-state index contributed by atoms with van der Waals surface area (Å²) in [5.41, 5.74) is 3.33. The number of anilines is 1. The van der Waals surface area contributed by atoms with E-state index < -0.39 is 58.0 Å². The van der Waals surface area contributed by atoms with E-state index in [4.69, 9.17) is 15.2 Å². The second kappa shape index (κ2) is 9.88. The highest BCUT2D eigenvalue weighted by Crippen LogP contribution is 2.53. The van der Waals surface area contributed by atoms with Crippen LogP contribution in [0.2, 0.25) is 0 Å². The number of carbonyl (C=O) groups excluding carboxylic acids is 3. The largest absolute Gasteiger partial charge is 0.508 e. The van der Waals surface area contributed by atoms with Crippen molar-refractivity contribution in [2.75, 3.05) is 44.4 Å². The quantitative estimate of drug-likeness (QED) is 0.274. The number of nitrogens with zero attached hydrogens (tertiary/aromatic N) is 1. The molecule has 1 amide bonds. The van der Waals surface area contributed by atoms with Gasteiger partial charge in [-0.2, -0.15) is 0 Å². The first-order chi connectivity index (χ1) is 19.1. The summed E-state index contributed by atoms with van der Waals surface area (Å²) < 4.78 is 10.9. The zero-order valence-electron chi connectivity index (χ0n) is 21.9. The second-order valence-electron chi connectivity index (χ2n) is 11.1. The van der Waals surface area contributed by atoms with Crippen LogP contribution in [0.15, 0.2) is 29.0 Å². The molecule has 5 aliphatic rings. The summed E-state index contributed by atoms with van der Waals surface area (Å²) in [5.74, 6) is -6.63. The Kier molecular flexibility index (Phi) is 6.61. The summed E-state index contributed by atoms with van der Waals surface area (Å²) in [6, 6.07) is 1.86. The number of benzene rings is 1. The van der Waals surface area contributed by atoms with E-state index in [-0.39, 0.29) is 35.8 Å². The highest BCUT2D eigenvalue weighted by Gasteiger charge is 2.64. The van der Waals surface area contributed by atoms with Crippen molar-refractivity contribution in [3.63, 3.8) is 0 Å². The molecule has 0 aromatic heterocycles. The van der Waals surface area contributed by atoms with E-state index in [0.717, 1.165) is 5.69 Å². The summed E-state index contributed by atoms with van der Waals surface area (Å²) >= 11 is 0. The average molecular weight is 556 g/mol. The topological polar surface area (TPSA) is 192 Å². The number of aromatic hydroxyl groups is 1. The van der Waals surface area contributed by atoms with Crippen molar-refractivity contribution >= 4 is 28.9 Å². The molecule has 6 rings (SSSR count). The number of hydrogen-bond acceptors (Lipinski definition) is 11. The first-order valence-corrected chi connectivity index (χ1v) is 13.6. The summed E-state index contributed by atoms with van der Waals surface area (Å²) in [6.45, 7) is 3.19. The summed E-state index contributed by atoms with van der Waals surface area (Å²) in [7, 11) is 0. The van der Waals surface area contributed by atoms with Crippen LogP contribution in [0.3, 0.4) is 0 Å². The van der Waals surface area contributed by atoms with Gasteiger partial charge in [-0.05, 0) is 49.3 Å². The van der Waals surface area contributed by atoms with E-state index in [0.29, 0.717) is 57.9 Å². The standard InChI is InChI=1S/C28H33N3O9/c29-27(37)21-24(34)22(30-14-3-7-39-8-4-14)16-12-13-11-15-17(31-5-9-40-10-6-31)1-2-18(32)20(15)23(33)19(13)25(35)28(16,38)26(21)36/h1-2,13-14,16,22,30,32-33,36,38H,3-12H2,(H2,29,37)/t13-,16-,22+,28-/m0/s1. The van der Waals surface area contributed by atoms with Crippen LogP contribution in [0.4, 0.5) is 5.69 Å². The van der Waals surface area contributed by atoms with Gasteiger partial charge in [-0.15, -0.1) is 0 Å². The molecule has 0 bridgehead atoms. The minimum Gasteiger partial charge on any atom is -0.508 e. The van der Waals surface area contributed by atoms with Gasteiger partial charge in [0.25, 0.3) is 5.91 Å². The van der Waals surface area contributed by atoms with Crippen molar-refractivity contribution in [1.29, 1.82) is 0 Å². The third-order valence-electron chi connectivity index (χ3n) is 9.05. The monoisotopic (exact) mass is 555 g/mol. The Morgan fingerprint density at radius 1 is 1.05 bits per heavy atom. The van der Waals surface area contributed by atoms with Gasteiger partial charge < -0.3 is 45.9 Å². The number of fused-ring (bicyclic) bond motifs is 3. The number of phenols is 1. The van der Waals surface area contributed by atoms with E-state index in [1.54, 1.807) is 6.07 Å². The van der Waals surface area contributed by atoms with Gasteiger partial charge in [0.15, 0.2) is 11.4 Å². The molecule has 2 saturated heterocycles. The zero-order valence-corrected chi connectivity index (χ0v) is 21.9. The number of nitrogens with one attached hydrogen (secondary N) is 1. The van der Waals surface area contributed by atoms with Crippen LogP contribution in [0.5, 0.6) is 5.75 Å². The fraction of sp³-hybridized carbons (Fsp3) is 0.536. The van der Waals surface area contributed by atoms with Gasteiger partial charge in [-0.1, -0.05) is 0 Å². The molecular formula is C28H33N3O9. The lowest BCUT2D eigenvalue weighted by molar-refractivity contribution is -0.150. The van der Waals surface area contributed by atoms with E-state index in [2.05, 4.69) is 10.2 Å². The lowest BCUT2D eigenvalue weighted by Gasteiger charge is -2.50. The minimum atomic E-state index is -2.67. The maximum absolute atomic E-state index is 14.1. The number of nitrogens with two attached hydrogens (primary N) is 1. The molecule has 4 atom stereocenters. The second-order valence-corrected chi connectivity index (χ2v) is 11.1. The molecule has 7 N–H and O–H groups in total. The van der Waals surface area contributed by atoms with Crippen molar-refractivity contribution in [2.24, 2.45) is 17.6 Å². The number of hydrogen-bond donors (Lipinski definition) is 6. The van der Waals surface area contributed by atoms with Crippen LogP contribution in [-0.2, 0) is 30.3 Å². The van der Waals surface area contributed by atoms with Crippen molar-refractivity contribution in [1.82, 2.24) is 5.32 Å². The number of primary amides is 1. The molecule has 0 radical (unpaired) electrons. The third kappa shape index (κ3) is 3.92. The number of aliphatic hydroxyl groups excluding tert-OH is 2. The fourth-order valence-corrected chi connectivity index (χ4v) is 7.07. The normalized spacial score (nSPS) is 31.1. The number of aliphatic hydroxyl groups is 3. The van der Waals surface area contributed by atoms with Crippen LogP contribution in [-0.4, -0.2) is 95.1 Å². The molecule has 12 nitrogen and oxygen atoms in total. The number of Topliss-reactive ketones (excluding diaryl/α,β-unsaturated/α-hetero) is 2. The summed E-state index contributed by atoms with van der Waals surface area (Å²) in [4.78, 5) is 42.0. The van der Waals surface area contributed by atoms with E-state index in [1.165, 1.54) is 6.07 Å². The maximum Gasteiger partial charge on any atom is 0.255 e. The van der Waals surface area contributed by atoms with E-state index >= 15 is 0 Å². The third-order valence-corrected chi connectivity index (χ3v) is 9.05. The molecule has 1 aromatic carbocycles. The van der Waals surface area contributed by atoms with Crippen molar-refractivity contribution in [3.05, 3.63) is 40.2 Å². The molecule has 214 valence electrons. The number of morpholine rings is 1. The van der Waals surface area contributed by atoms with E-state index in [1.807, 2.05) is 0 Å².